The van der Waals surface area contributed by atoms with Crippen molar-refractivity contribution in [2.24, 2.45) is 0 Å². The number of carboxylic acids is 6. The van der Waals surface area contributed by atoms with E-state index < -0.39 is 82.9 Å². The first-order valence-electron chi connectivity index (χ1n) is 7.44. The molecule has 0 saturated heterocycles. The fraction of sp³-hybridized carbons (Fsp3) is 0.500. The van der Waals surface area contributed by atoms with E-state index in [9.17, 15) is 28.8 Å². The van der Waals surface area contributed by atoms with Crippen molar-refractivity contribution >= 4 is 35.8 Å². The molecular formula is C12H16N2NiO20. The Balaban J connectivity index is -0.000000128. The fourth-order valence-electron chi connectivity index (χ4n) is 1.43. The normalized spacial score (nSPS) is 9.43. The predicted molar refractivity (Wildman–Crippen MR) is 94.9 cm³/mol. The first kappa shape index (κ1) is 40.9. The molecule has 0 spiro atoms. The van der Waals surface area contributed by atoms with E-state index >= 15 is 0 Å². The molecule has 0 aromatic rings. The summed E-state index contributed by atoms with van der Waals surface area (Å²) in [7, 11) is 0. The van der Waals surface area contributed by atoms with Gasteiger partial charge >= 0.3 is 52.3 Å². The monoisotopic (exact) mass is 566 g/mol. The Labute approximate surface area is 200 Å². The number of aliphatic hydroxyl groups is 2. The summed E-state index contributed by atoms with van der Waals surface area (Å²) >= 11 is 0. The van der Waals surface area contributed by atoms with Gasteiger partial charge in [0.15, 0.2) is 11.2 Å². The van der Waals surface area contributed by atoms with Crippen LogP contribution in [0.3, 0.4) is 0 Å². The minimum atomic E-state index is -2.74. The third-order valence-corrected chi connectivity index (χ3v) is 2.57. The zero-order chi connectivity index (χ0) is 28.4. The molecule has 0 radical (unpaired) electrons. The molecule has 0 saturated carbocycles. The van der Waals surface area contributed by atoms with Crippen molar-refractivity contribution in [1.82, 2.24) is 0 Å². The van der Waals surface area contributed by atoms with Crippen molar-refractivity contribution in [2.75, 3.05) is 0 Å². The van der Waals surface area contributed by atoms with Gasteiger partial charge in [-0.3, -0.25) is 19.2 Å². The van der Waals surface area contributed by atoms with Gasteiger partial charge in [-0.05, 0) is 0 Å². The molecule has 8 N–H and O–H groups in total. The van der Waals surface area contributed by atoms with Gasteiger partial charge in [0.25, 0.3) is 0 Å². The summed E-state index contributed by atoms with van der Waals surface area (Å²) in [5, 5.41) is 97.1. The molecule has 0 unspecified atom stereocenters. The third-order valence-electron chi connectivity index (χ3n) is 2.57. The van der Waals surface area contributed by atoms with Crippen LogP contribution in [-0.2, 0) is 45.3 Å². The Bertz CT molecular complexity index is 676. The molecule has 22 nitrogen and oxygen atoms in total. The van der Waals surface area contributed by atoms with E-state index in [-0.39, 0.29) is 16.5 Å². The molecule has 0 fully saturated rings. The Hall–Kier alpha value is -4.37. The fourth-order valence-corrected chi connectivity index (χ4v) is 1.43. The molecule has 0 amide bonds. The van der Waals surface area contributed by atoms with Crippen LogP contribution < -0.4 is 0 Å². The van der Waals surface area contributed by atoms with Crippen LogP contribution in [0.5, 0.6) is 0 Å². The molecule has 35 heavy (non-hydrogen) atoms. The SMILES string of the molecule is O=C(O)CC(O)(CC(=O)O)C(=O)O.O=C(O)CC(O)(CC(=O)O)C(=O)O.O=[N+]([O-])[O-].O=[N+]([O-])[O-].[Ni+2]. The zero-order valence-corrected chi connectivity index (χ0v) is 17.5. The van der Waals surface area contributed by atoms with Crippen LogP contribution in [-0.4, -0.2) is 98.0 Å². The summed E-state index contributed by atoms with van der Waals surface area (Å²) < 4.78 is 0. The largest absolute Gasteiger partial charge is 2.00 e. The van der Waals surface area contributed by atoms with E-state index in [4.69, 9.17) is 71.5 Å². The quantitative estimate of drug-likeness (QED) is 0.0741. The number of carboxylic acid groups (broad SMARTS) is 6. The van der Waals surface area contributed by atoms with Crippen LogP contribution in [0.15, 0.2) is 0 Å². The molecule has 0 bridgehead atoms. The average Bonchev–Trinajstić information content (AvgIpc) is 2.50. The summed E-state index contributed by atoms with van der Waals surface area (Å²) in [6.45, 7) is 0. The molecular weight excluding hydrogens is 551 g/mol. The molecule has 0 atom stereocenters. The van der Waals surface area contributed by atoms with E-state index in [0.29, 0.717) is 0 Å². The van der Waals surface area contributed by atoms with Gasteiger partial charge in [0.2, 0.25) is 0 Å². The second kappa shape index (κ2) is 19.1. The van der Waals surface area contributed by atoms with E-state index in [0.717, 1.165) is 0 Å². The summed E-state index contributed by atoms with van der Waals surface area (Å²) in [6, 6.07) is 0. The Morgan fingerprint density at radius 1 is 0.514 bits per heavy atom. The van der Waals surface area contributed by atoms with E-state index in [1.54, 1.807) is 0 Å². The number of hydrogen-bond donors (Lipinski definition) is 8. The van der Waals surface area contributed by atoms with Crippen molar-refractivity contribution in [1.29, 1.82) is 0 Å². The Kier molecular flexibility index (Phi) is 22.4. The van der Waals surface area contributed by atoms with Crippen LogP contribution in [0.2, 0.25) is 0 Å². The average molecular weight is 567 g/mol. The predicted octanol–water partition coefficient (Wildman–Crippen LogP) is -2.98. The van der Waals surface area contributed by atoms with Gasteiger partial charge in [0, 0.05) is 0 Å². The van der Waals surface area contributed by atoms with Crippen molar-refractivity contribution in [3.8, 4) is 0 Å². The summed E-state index contributed by atoms with van der Waals surface area (Å²) in [6.07, 6.45) is -4.58. The molecule has 0 aliphatic heterocycles. The number of carbonyl (C=O) groups is 6. The van der Waals surface area contributed by atoms with Crippen LogP contribution in [0.25, 0.3) is 0 Å². The molecule has 0 aliphatic rings. The molecule has 0 rings (SSSR count). The van der Waals surface area contributed by atoms with Crippen molar-refractivity contribution in [2.45, 2.75) is 36.9 Å². The molecule has 0 aromatic carbocycles. The minimum Gasteiger partial charge on any atom is -0.481 e. The van der Waals surface area contributed by atoms with Crippen molar-refractivity contribution in [3.63, 3.8) is 0 Å². The first-order chi connectivity index (χ1) is 15.0. The van der Waals surface area contributed by atoms with E-state index in [1.165, 1.54) is 0 Å². The zero-order valence-electron chi connectivity index (χ0n) is 16.5. The summed E-state index contributed by atoms with van der Waals surface area (Å²) in [5.74, 6) is -10.0. The van der Waals surface area contributed by atoms with Gasteiger partial charge < -0.3 is 71.5 Å². The Morgan fingerprint density at radius 2 is 0.629 bits per heavy atom. The van der Waals surface area contributed by atoms with Crippen LogP contribution in [0.1, 0.15) is 25.7 Å². The standard InChI is InChI=1S/2C6H8O7.2NO3.Ni/c2*7-3(8)1-6(13,5(11)12)2-4(9)10;2*2-1(3)4;/h2*13H,1-2H2,(H,7,8)(H,9,10)(H,11,12);;;/q;;2*-1;+2. The topological polar surface area (TPSA) is 397 Å². The third kappa shape index (κ3) is 29.6. The molecule has 204 valence electrons. The second-order valence-corrected chi connectivity index (χ2v) is 5.40. The van der Waals surface area contributed by atoms with Gasteiger partial charge in [-0.15, -0.1) is 0 Å². The second-order valence-electron chi connectivity index (χ2n) is 5.40. The maximum atomic E-state index is 10.3. The number of nitrogens with zero attached hydrogens (tertiary/aromatic N) is 2. The maximum absolute atomic E-state index is 10.3. The van der Waals surface area contributed by atoms with Gasteiger partial charge in [-0.1, -0.05) is 0 Å². The molecule has 0 aromatic heterocycles. The van der Waals surface area contributed by atoms with Crippen molar-refractivity contribution in [3.05, 3.63) is 30.6 Å². The maximum Gasteiger partial charge on any atom is 2.00 e. The van der Waals surface area contributed by atoms with E-state index in [1.807, 2.05) is 0 Å². The van der Waals surface area contributed by atoms with Crippen LogP contribution in [0.4, 0.5) is 0 Å². The van der Waals surface area contributed by atoms with Gasteiger partial charge in [-0.25, -0.2) is 9.59 Å². The molecule has 23 heteroatoms. The van der Waals surface area contributed by atoms with Crippen LogP contribution in [0, 0.1) is 30.6 Å². The number of hydrogen-bond acceptors (Lipinski definition) is 14. The number of aliphatic carboxylic acids is 6. The summed E-state index contributed by atoms with van der Waals surface area (Å²) in [5.41, 5.74) is -5.48. The number of rotatable bonds is 10. The van der Waals surface area contributed by atoms with Gasteiger partial charge in [0.05, 0.1) is 35.9 Å². The Morgan fingerprint density at radius 3 is 0.686 bits per heavy atom. The first-order valence-corrected chi connectivity index (χ1v) is 7.44. The molecule has 0 heterocycles. The smallest absolute Gasteiger partial charge is 0.481 e. The van der Waals surface area contributed by atoms with E-state index in [2.05, 4.69) is 0 Å². The van der Waals surface area contributed by atoms with Crippen LogP contribution >= 0.6 is 0 Å². The summed E-state index contributed by atoms with van der Waals surface area (Å²) in [4.78, 5) is 77.5. The van der Waals surface area contributed by atoms with Gasteiger partial charge in [0.1, 0.15) is 0 Å². The van der Waals surface area contributed by atoms with Gasteiger partial charge in [-0.2, -0.15) is 0 Å². The van der Waals surface area contributed by atoms with Crippen molar-refractivity contribution < 1.29 is 96.3 Å². The minimum absolute atomic E-state index is 0. The molecule has 0 aliphatic carbocycles.